The van der Waals surface area contributed by atoms with Crippen LogP contribution in [0.2, 0.25) is 5.02 Å². The number of fused-ring (bicyclic) bond motifs is 1. The van der Waals surface area contributed by atoms with Gasteiger partial charge < -0.3 is 9.64 Å². The molecule has 4 nitrogen and oxygen atoms in total. The lowest BCUT2D eigenvalue weighted by Gasteiger charge is -2.12. The van der Waals surface area contributed by atoms with Crippen LogP contribution >= 0.6 is 23.1 Å². The Kier molecular flexibility index (Phi) is 5.25. The van der Waals surface area contributed by atoms with Gasteiger partial charge in [-0.1, -0.05) is 17.7 Å². The smallest absolute Gasteiger partial charge is 0.209 e. The molecule has 0 fully saturated rings. The van der Waals surface area contributed by atoms with Crippen LogP contribution < -0.4 is 4.74 Å². The number of ether oxygens (including phenoxy) is 1. The number of aromatic nitrogens is 1. The summed E-state index contributed by atoms with van der Waals surface area (Å²) < 4.78 is 10.5. The lowest BCUT2D eigenvalue weighted by atomic mass is 10.1. The van der Waals surface area contributed by atoms with Gasteiger partial charge in [-0.25, -0.2) is 4.99 Å². The van der Waals surface area contributed by atoms with E-state index in [0.29, 0.717) is 10.1 Å². The van der Waals surface area contributed by atoms with E-state index in [1.807, 2.05) is 62.5 Å². The minimum absolute atomic E-state index is 0.652. The van der Waals surface area contributed by atoms with Crippen molar-refractivity contribution in [1.82, 2.24) is 9.27 Å². The molecule has 0 N–H and O–H groups in total. The molecule has 3 rings (SSSR count). The first kappa shape index (κ1) is 17.7. The molecular formula is C19H20ClN3OS. The molecule has 6 heteroatoms. The van der Waals surface area contributed by atoms with Crippen molar-refractivity contribution in [2.75, 3.05) is 13.6 Å². The normalized spacial score (nSPS) is 11.4. The van der Waals surface area contributed by atoms with Crippen LogP contribution in [0.15, 0.2) is 35.3 Å². The second-order valence-corrected chi connectivity index (χ2v) is 7.07. The monoisotopic (exact) mass is 373 g/mol. The molecule has 0 unspecified atom stereocenters. The third kappa shape index (κ3) is 3.78. The van der Waals surface area contributed by atoms with Gasteiger partial charge in [0.2, 0.25) is 5.06 Å². The molecule has 0 aliphatic heterocycles. The summed E-state index contributed by atoms with van der Waals surface area (Å²) in [5.74, 6) is 0.797. The molecule has 0 aliphatic rings. The van der Waals surface area contributed by atoms with Gasteiger partial charge in [0.15, 0.2) is 0 Å². The minimum Gasteiger partial charge on any atom is -0.444 e. The first-order valence-electron chi connectivity index (χ1n) is 8.07. The van der Waals surface area contributed by atoms with Crippen LogP contribution in [-0.4, -0.2) is 29.2 Å². The van der Waals surface area contributed by atoms with Gasteiger partial charge in [0.25, 0.3) is 0 Å². The number of halogens is 1. The third-order valence-electron chi connectivity index (χ3n) is 4.01. The van der Waals surface area contributed by atoms with Gasteiger partial charge in [-0.15, -0.1) is 0 Å². The SMILES string of the molecule is CCN(C)C=Nc1cc(C)c(Oc2snc3cccc(Cl)c23)cc1C. The van der Waals surface area contributed by atoms with Crippen molar-refractivity contribution in [3.8, 4) is 10.8 Å². The molecule has 2 aromatic carbocycles. The highest BCUT2D eigenvalue weighted by Gasteiger charge is 2.13. The van der Waals surface area contributed by atoms with Crippen molar-refractivity contribution in [1.29, 1.82) is 0 Å². The Balaban J connectivity index is 1.93. The number of rotatable bonds is 5. The van der Waals surface area contributed by atoms with Crippen LogP contribution in [0.1, 0.15) is 18.1 Å². The maximum Gasteiger partial charge on any atom is 0.209 e. The number of nitrogens with zero attached hydrogens (tertiary/aromatic N) is 3. The average molecular weight is 374 g/mol. The Morgan fingerprint density at radius 1 is 1.28 bits per heavy atom. The maximum absolute atomic E-state index is 6.31. The quantitative estimate of drug-likeness (QED) is 0.408. The Morgan fingerprint density at radius 2 is 2.08 bits per heavy atom. The fraction of sp³-hybridized carbons (Fsp3) is 0.263. The summed E-state index contributed by atoms with van der Waals surface area (Å²) in [5.41, 5.74) is 3.87. The van der Waals surface area contributed by atoms with Crippen LogP contribution in [0, 0.1) is 13.8 Å². The Bertz CT molecular complexity index is 936. The first-order valence-corrected chi connectivity index (χ1v) is 9.22. The van der Waals surface area contributed by atoms with Crippen molar-refractivity contribution in [3.05, 3.63) is 46.5 Å². The molecule has 0 saturated heterocycles. The van der Waals surface area contributed by atoms with Crippen molar-refractivity contribution in [3.63, 3.8) is 0 Å². The van der Waals surface area contributed by atoms with Crippen LogP contribution in [0.4, 0.5) is 5.69 Å². The van der Waals surface area contributed by atoms with Crippen LogP contribution in [0.5, 0.6) is 10.8 Å². The van der Waals surface area contributed by atoms with E-state index in [0.717, 1.165) is 40.0 Å². The van der Waals surface area contributed by atoms with Crippen molar-refractivity contribution < 1.29 is 4.74 Å². The van der Waals surface area contributed by atoms with Crippen LogP contribution in [0.3, 0.4) is 0 Å². The number of aryl methyl sites for hydroxylation is 2. The molecular weight excluding hydrogens is 354 g/mol. The predicted molar refractivity (Wildman–Crippen MR) is 107 cm³/mol. The van der Waals surface area contributed by atoms with E-state index in [-0.39, 0.29) is 0 Å². The van der Waals surface area contributed by atoms with Crippen LogP contribution in [0.25, 0.3) is 10.9 Å². The lowest BCUT2D eigenvalue weighted by Crippen LogP contribution is -2.14. The Hall–Kier alpha value is -2.11. The second kappa shape index (κ2) is 7.42. The fourth-order valence-corrected chi connectivity index (χ4v) is 3.44. The van der Waals surface area contributed by atoms with E-state index in [1.54, 1.807) is 0 Å². The van der Waals surface area contributed by atoms with Gasteiger partial charge in [-0.05, 0) is 56.2 Å². The van der Waals surface area contributed by atoms with Gasteiger partial charge >= 0.3 is 0 Å². The molecule has 0 spiro atoms. The van der Waals surface area contributed by atoms with Gasteiger partial charge in [0.1, 0.15) is 5.75 Å². The summed E-state index contributed by atoms with van der Waals surface area (Å²) in [7, 11) is 2.00. The van der Waals surface area contributed by atoms with E-state index in [2.05, 4.69) is 16.3 Å². The Morgan fingerprint density at radius 3 is 2.84 bits per heavy atom. The van der Waals surface area contributed by atoms with Crippen molar-refractivity contribution in [2.24, 2.45) is 4.99 Å². The molecule has 1 aromatic heterocycles. The molecule has 130 valence electrons. The predicted octanol–water partition coefficient (Wildman–Crippen LogP) is 5.97. The molecule has 0 amide bonds. The maximum atomic E-state index is 6.31. The Labute approximate surface area is 156 Å². The van der Waals surface area contributed by atoms with Gasteiger partial charge in [-0.3, -0.25) is 0 Å². The van der Waals surface area contributed by atoms with Crippen molar-refractivity contribution in [2.45, 2.75) is 20.8 Å². The zero-order chi connectivity index (χ0) is 18.0. The second-order valence-electron chi connectivity index (χ2n) is 5.93. The molecule has 1 heterocycles. The highest BCUT2D eigenvalue weighted by atomic mass is 35.5. The average Bonchev–Trinajstić information content (AvgIpc) is 3.00. The first-order chi connectivity index (χ1) is 12.0. The van der Waals surface area contributed by atoms with Gasteiger partial charge in [-0.2, -0.15) is 4.37 Å². The highest BCUT2D eigenvalue weighted by Crippen LogP contribution is 2.40. The summed E-state index contributed by atoms with van der Waals surface area (Å²) in [6.07, 6.45) is 1.85. The molecule has 0 aliphatic carbocycles. The van der Waals surface area contributed by atoms with E-state index < -0.39 is 0 Å². The van der Waals surface area contributed by atoms with Crippen LogP contribution in [-0.2, 0) is 0 Å². The molecule has 0 saturated carbocycles. The number of aliphatic imine (C=N–C) groups is 1. The largest absolute Gasteiger partial charge is 0.444 e. The number of benzene rings is 2. The third-order valence-corrected chi connectivity index (χ3v) is 5.07. The summed E-state index contributed by atoms with van der Waals surface area (Å²) in [4.78, 5) is 6.59. The summed E-state index contributed by atoms with van der Waals surface area (Å²) >= 11 is 7.63. The van der Waals surface area contributed by atoms with E-state index in [4.69, 9.17) is 16.3 Å². The van der Waals surface area contributed by atoms with E-state index >= 15 is 0 Å². The highest BCUT2D eigenvalue weighted by molar-refractivity contribution is 7.09. The zero-order valence-corrected chi connectivity index (χ0v) is 16.3. The molecule has 0 bridgehead atoms. The van der Waals surface area contributed by atoms with Crippen molar-refractivity contribution >= 4 is 46.1 Å². The molecule has 0 radical (unpaired) electrons. The summed E-state index contributed by atoms with van der Waals surface area (Å²) in [6, 6.07) is 9.73. The lowest BCUT2D eigenvalue weighted by molar-refractivity contribution is 0.497. The number of hydrogen-bond acceptors (Lipinski definition) is 4. The molecule has 25 heavy (non-hydrogen) atoms. The standard InChI is InChI=1S/C19H20ClN3OS/c1-5-23(4)11-21-16-9-13(3)17(10-12(16)2)24-19-18-14(20)7-6-8-15(18)22-25-19/h6-11H,5H2,1-4H3. The van der Waals surface area contributed by atoms with E-state index in [9.17, 15) is 0 Å². The molecule has 0 atom stereocenters. The number of hydrogen-bond donors (Lipinski definition) is 0. The van der Waals surface area contributed by atoms with Gasteiger partial charge in [0, 0.05) is 25.1 Å². The topological polar surface area (TPSA) is 37.7 Å². The van der Waals surface area contributed by atoms with E-state index in [1.165, 1.54) is 11.5 Å². The summed E-state index contributed by atoms with van der Waals surface area (Å²) in [5, 5.41) is 2.22. The summed E-state index contributed by atoms with van der Waals surface area (Å²) in [6.45, 7) is 7.05. The minimum atomic E-state index is 0.652. The zero-order valence-electron chi connectivity index (χ0n) is 14.7. The fourth-order valence-electron chi connectivity index (χ4n) is 2.36. The molecule has 3 aromatic rings. The van der Waals surface area contributed by atoms with Gasteiger partial charge in [0.05, 0.1) is 28.0 Å².